The van der Waals surface area contributed by atoms with Gasteiger partial charge in [-0.3, -0.25) is 0 Å². The molecule has 1 N–H and O–H groups in total. The topological polar surface area (TPSA) is 74.7 Å². The van der Waals surface area contributed by atoms with Gasteiger partial charge in [0.15, 0.2) is 0 Å². The number of benzene rings is 2. The molecule has 1 aliphatic heterocycles. The Kier molecular flexibility index (Phi) is 5.18. The zero-order valence-electron chi connectivity index (χ0n) is 14.0. The normalized spacial score (nSPS) is 21.2. The van der Waals surface area contributed by atoms with Crippen LogP contribution in [0.1, 0.15) is 29.6 Å². The Hall–Kier alpha value is -2.15. The van der Waals surface area contributed by atoms with E-state index in [2.05, 4.69) is 0 Å². The minimum absolute atomic E-state index is 0.0323. The molecule has 2 atom stereocenters. The molecule has 0 aromatic heterocycles. The maximum atomic E-state index is 12.7. The van der Waals surface area contributed by atoms with Crippen LogP contribution in [0.5, 0.6) is 0 Å². The van der Waals surface area contributed by atoms with Crippen LogP contribution in [-0.2, 0) is 14.8 Å². The van der Waals surface area contributed by atoms with E-state index in [1.54, 1.807) is 30.3 Å². The molecule has 0 saturated heterocycles. The summed E-state index contributed by atoms with van der Waals surface area (Å²) in [5.74, 6) is -1.14. The average Bonchev–Trinajstić information content (AvgIpc) is 2.60. The summed E-state index contributed by atoms with van der Waals surface area (Å²) in [5.41, 5.74) is 1.37. The average molecular weight is 392 g/mol. The largest absolute Gasteiger partial charge is 0.478 e. The van der Waals surface area contributed by atoms with E-state index < -0.39 is 28.1 Å². The Bertz CT molecular complexity index is 957. The molecule has 2 aromatic carbocycles. The second kappa shape index (κ2) is 7.23. The lowest BCUT2D eigenvalue weighted by Gasteiger charge is -2.40. The number of aliphatic carboxylic acids is 1. The van der Waals surface area contributed by atoms with E-state index in [1.807, 2.05) is 30.3 Å². The molecule has 0 unspecified atom stereocenters. The van der Waals surface area contributed by atoms with Crippen LogP contribution >= 0.6 is 11.6 Å². The molecule has 0 amide bonds. The number of carbonyl (C=O) groups is 1. The number of nitrogens with zero attached hydrogens (tertiary/aromatic N) is 1. The number of sulfonamides is 1. The van der Waals surface area contributed by atoms with Crippen molar-refractivity contribution in [2.75, 3.05) is 6.26 Å². The molecule has 0 fully saturated rings. The van der Waals surface area contributed by atoms with Gasteiger partial charge >= 0.3 is 5.97 Å². The van der Waals surface area contributed by atoms with Crippen molar-refractivity contribution in [2.24, 2.45) is 0 Å². The quantitative estimate of drug-likeness (QED) is 0.860. The number of rotatable bonds is 4. The predicted octanol–water partition coefficient (Wildman–Crippen LogP) is 3.80. The molecule has 0 aliphatic carbocycles. The third-order valence-electron chi connectivity index (χ3n) is 4.40. The van der Waals surface area contributed by atoms with Gasteiger partial charge in [-0.25, -0.2) is 13.2 Å². The molecule has 136 valence electrons. The first kappa shape index (κ1) is 18.6. The van der Waals surface area contributed by atoms with E-state index in [0.29, 0.717) is 10.6 Å². The van der Waals surface area contributed by atoms with Crippen molar-refractivity contribution < 1.29 is 18.3 Å². The minimum atomic E-state index is -3.71. The Morgan fingerprint density at radius 1 is 1.12 bits per heavy atom. The SMILES string of the molecule is CS(=O)(=O)N1[C@@H](c2cccc(Cl)c2)C(C(=O)O)=CC[C@H]1c1ccccc1. The predicted molar refractivity (Wildman–Crippen MR) is 100 cm³/mol. The molecular weight excluding hydrogens is 374 g/mol. The molecule has 26 heavy (non-hydrogen) atoms. The first-order valence-electron chi connectivity index (χ1n) is 8.01. The van der Waals surface area contributed by atoms with Crippen molar-refractivity contribution >= 4 is 27.6 Å². The zero-order chi connectivity index (χ0) is 18.9. The molecule has 5 nitrogen and oxygen atoms in total. The van der Waals surface area contributed by atoms with Crippen molar-refractivity contribution in [2.45, 2.75) is 18.5 Å². The Balaban J connectivity index is 2.22. The fourth-order valence-electron chi connectivity index (χ4n) is 3.36. The van der Waals surface area contributed by atoms with E-state index in [9.17, 15) is 18.3 Å². The highest BCUT2D eigenvalue weighted by atomic mass is 35.5. The van der Waals surface area contributed by atoms with Crippen molar-refractivity contribution in [1.82, 2.24) is 4.31 Å². The fraction of sp³-hybridized carbons (Fsp3) is 0.211. The minimum Gasteiger partial charge on any atom is -0.478 e. The summed E-state index contributed by atoms with van der Waals surface area (Å²) >= 11 is 6.07. The monoisotopic (exact) mass is 391 g/mol. The van der Waals surface area contributed by atoms with Gasteiger partial charge in [-0.1, -0.05) is 60.1 Å². The molecule has 0 bridgehead atoms. The lowest BCUT2D eigenvalue weighted by atomic mass is 9.89. The Morgan fingerprint density at radius 2 is 1.77 bits per heavy atom. The maximum absolute atomic E-state index is 12.7. The van der Waals surface area contributed by atoms with Gasteiger partial charge in [0.1, 0.15) is 0 Å². The standard InChI is InChI=1S/C19H18ClNO4S/c1-26(24,25)21-17(13-6-3-2-4-7-13)11-10-16(19(22)23)18(21)14-8-5-9-15(20)12-14/h2-10,12,17-18H,11H2,1H3,(H,22,23)/t17-,18-/m0/s1. The second-order valence-corrected chi connectivity index (χ2v) is 8.50. The van der Waals surface area contributed by atoms with Gasteiger partial charge in [0.05, 0.1) is 23.9 Å². The highest BCUT2D eigenvalue weighted by Crippen LogP contribution is 2.44. The molecular formula is C19H18ClNO4S. The molecule has 0 spiro atoms. The van der Waals surface area contributed by atoms with Crippen molar-refractivity contribution in [1.29, 1.82) is 0 Å². The molecule has 3 rings (SSSR count). The van der Waals surface area contributed by atoms with Crippen LogP contribution in [0.4, 0.5) is 0 Å². The van der Waals surface area contributed by atoms with Crippen molar-refractivity contribution in [3.63, 3.8) is 0 Å². The van der Waals surface area contributed by atoms with Crippen LogP contribution in [0.25, 0.3) is 0 Å². The molecule has 7 heteroatoms. The summed E-state index contributed by atoms with van der Waals surface area (Å²) in [4.78, 5) is 11.8. The third kappa shape index (κ3) is 3.67. The summed E-state index contributed by atoms with van der Waals surface area (Å²) in [6, 6.07) is 14.4. The summed E-state index contributed by atoms with van der Waals surface area (Å²) in [5, 5.41) is 10.1. The smallest absolute Gasteiger partial charge is 0.333 e. The highest BCUT2D eigenvalue weighted by Gasteiger charge is 2.42. The first-order chi connectivity index (χ1) is 12.3. The van der Waals surface area contributed by atoms with Crippen molar-refractivity contribution in [3.05, 3.63) is 82.4 Å². The molecule has 0 radical (unpaired) electrons. The molecule has 2 aromatic rings. The van der Waals surface area contributed by atoms with Gasteiger partial charge in [0.25, 0.3) is 0 Å². The highest BCUT2D eigenvalue weighted by molar-refractivity contribution is 7.88. The number of hydrogen-bond donors (Lipinski definition) is 1. The van der Waals surface area contributed by atoms with Crippen LogP contribution in [-0.4, -0.2) is 30.1 Å². The van der Waals surface area contributed by atoms with Gasteiger partial charge in [0.2, 0.25) is 10.0 Å². The lowest BCUT2D eigenvalue weighted by Crippen LogP contribution is -2.41. The number of carboxylic acids is 1. The summed E-state index contributed by atoms with van der Waals surface area (Å²) in [6.45, 7) is 0. The molecule has 0 saturated carbocycles. The first-order valence-corrected chi connectivity index (χ1v) is 10.2. The summed E-state index contributed by atoms with van der Waals surface area (Å²) in [7, 11) is -3.71. The van der Waals surface area contributed by atoms with E-state index >= 15 is 0 Å². The second-order valence-electron chi connectivity index (χ2n) is 6.18. The summed E-state index contributed by atoms with van der Waals surface area (Å²) in [6.07, 6.45) is 2.99. The van der Waals surface area contributed by atoms with Gasteiger partial charge in [-0.05, 0) is 29.7 Å². The van der Waals surface area contributed by atoms with E-state index in [1.165, 1.54) is 4.31 Å². The zero-order valence-corrected chi connectivity index (χ0v) is 15.6. The third-order valence-corrected chi connectivity index (χ3v) is 5.86. The fourth-order valence-corrected chi connectivity index (χ4v) is 4.85. The van der Waals surface area contributed by atoms with Gasteiger partial charge in [-0.15, -0.1) is 0 Å². The van der Waals surface area contributed by atoms with Crippen LogP contribution in [0.2, 0.25) is 5.02 Å². The van der Waals surface area contributed by atoms with E-state index in [4.69, 9.17) is 11.6 Å². The van der Waals surface area contributed by atoms with Crippen LogP contribution in [0, 0.1) is 0 Å². The number of carboxylic acid groups (broad SMARTS) is 1. The molecule has 1 heterocycles. The van der Waals surface area contributed by atoms with Crippen LogP contribution < -0.4 is 0 Å². The lowest BCUT2D eigenvalue weighted by molar-refractivity contribution is -0.133. The Labute approximate surface area is 157 Å². The van der Waals surface area contributed by atoms with Gasteiger partial charge in [-0.2, -0.15) is 4.31 Å². The van der Waals surface area contributed by atoms with E-state index in [-0.39, 0.29) is 12.0 Å². The number of hydrogen-bond acceptors (Lipinski definition) is 3. The molecule has 1 aliphatic rings. The van der Waals surface area contributed by atoms with Gasteiger partial charge in [0, 0.05) is 5.02 Å². The Morgan fingerprint density at radius 3 is 2.35 bits per heavy atom. The van der Waals surface area contributed by atoms with Crippen LogP contribution in [0.3, 0.4) is 0 Å². The van der Waals surface area contributed by atoms with E-state index in [0.717, 1.165) is 11.8 Å². The maximum Gasteiger partial charge on any atom is 0.333 e. The summed E-state index contributed by atoms with van der Waals surface area (Å²) < 4.78 is 26.6. The van der Waals surface area contributed by atoms with Crippen LogP contribution in [0.15, 0.2) is 66.2 Å². The van der Waals surface area contributed by atoms with Crippen molar-refractivity contribution in [3.8, 4) is 0 Å². The van der Waals surface area contributed by atoms with Gasteiger partial charge < -0.3 is 5.11 Å². The number of halogens is 1.